The lowest BCUT2D eigenvalue weighted by atomic mass is 9.66. The number of rotatable bonds is 4. The van der Waals surface area contributed by atoms with Gasteiger partial charge in [0.2, 0.25) is 0 Å². The second-order valence-corrected chi connectivity index (χ2v) is 5.05. The third-order valence-corrected chi connectivity index (χ3v) is 4.36. The summed E-state index contributed by atoms with van der Waals surface area (Å²) in [6, 6.07) is 5.95. The van der Waals surface area contributed by atoms with E-state index in [-0.39, 0.29) is 11.2 Å². The fourth-order valence-electron chi connectivity index (χ4n) is 3.07. The highest BCUT2D eigenvalue weighted by Crippen LogP contribution is 2.43. The third kappa shape index (κ3) is 2.05. The highest BCUT2D eigenvalue weighted by Gasteiger charge is 2.36. The molecule has 18 heavy (non-hydrogen) atoms. The van der Waals surface area contributed by atoms with Gasteiger partial charge in [-0.15, -0.1) is 0 Å². The Morgan fingerprint density at radius 3 is 2.56 bits per heavy atom. The highest BCUT2D eigenvalue weighted by atomic mass is 16.5. The van der Waals surface area contributed by atoms with Crippen molar-refractivity contribution in [2.45, 2.75) is 51.9 Å². The van der Waals surface area contributed by atoms with Crippen LogP contribution in [0, 0.1) is 0 Å². The Morgan fingerprint density at radius 1 is 1.22 bits per heavy atom. The fourth-order valence-corrected chi connectivity index (χ4v) is 3.07. The van der Waals surface area contributed by atoms with Crippen LogP contribution >= 0.6 is 0 Å². The maximum absolute atomic E-state index is 12.0. The van der Waals surface area contributed by atoms with Crippen LogP contribution in [0.2, 0.25) is 0 Å². The molecule has 0 aromatic heterocycles. The summed E-state index contributed by atoms with van der Waals surface area (Å²) in [7, 11) is 0. The van der Waals surface area contributed by atoms with E-state index in [1.807, 2.05) is 19.1 Å². The van der Waals surface area contributed by atoms with Crippen LogP contribution in [0.15, 0.2) is 18.2 Å². The van der Waals surface area contributed by atoms with Crippen molar-refractivity contribution in [3.63, 3.8) is 0 Å². The SMILES string of the molecule is CCOc1ccc2c(c1)C(CC)(CC)CCC2=O. The minimum atomic E-state index is 0.163. The van der Waals surface area contributed by atoms with Crippen LogP contribution < -0.4 is 4.74 Å². The van der Waals surface area contributed by atoms with E-state index in [9.17, 15) is 4.79 Å². The predicted molar refractivity (Wildman–Crippen MR) is 73.4 cm³/mol. The molecule has 1 aromatic rings. The van der Waals surface area contributed by atoms with E-state index in [0.717, 1.165) is 30.6 Å². The topological polar surface area (TPSA) is 26.3 Å². The normalized spacial score (nSPS) is 17.4. The van der Waals surface area contributed by atoms with Gasteiger partial charge in [0.05, 0.1) is 6.61 Å². The maximum atomic E-state index is 12.0. The Morgan fingerprint density at radius 2 is 1.94 bits per heavy atom. The summed E-state index contributed by atoms with van der Waals surface area (Å²) >= 11 is 0. The zero-order chi connectivity index (χ0) is 13.2. The van der Waals surface area contributed by atoms with Gasteiger partial charge in [0.15, 0.2) is 5.78 Å². The van der Waals surface area contributed by atoms with Crippen LogP contribution in [0.1, 0.15) is 62.4 Å². The summed E-state index contributed by atoms with van der Waals surface area (Å²) in [6.45, 7) is 7.09. The third-order valence-electron chi connectivity index (χ3n) is 4.36. The lowest BCUT2D eigenvalue weighted by Gasteiger charge is -2.37. The van der Waals surface area contributed by atoms with Gasteiger partial charge in [-0.05, 0) is 55.4 Å². The van der Waals surface area contributed by atoms with Crippen molar-refractivity contribution in [1.29, 1.82) is 0 Å². The van der Waals surface area contributed by atoms with Crippen molar-refractivity contribution in [2.75, 3.05) is 6.61 Å². The van der Waals surface area contributed by atoms with Gasteiger partial charge in [-0.2, -0.15) is 0 Å². The molecule has 0 heterocycles. The number of carbonyl (C=O) groups is 1. The van der Waals surface area contributed by atoms with Gasteiger partial charge >= 0.3 is 0 Å². The minimum absolute atomic E-state index is 0.163. The van der Waals surface area contributed by atoms with Crippen molar-refractivity contribution in [3.8, 4) is 5.75 Å². The Labute approximate surface area is 109 Å². The van der Waals surface area contributed by atoms with Crippen LogP contribution in [0.3, 0.4) is 0 Å². The minimum Gasteiger partial charge on any atom is -0.494 e. The van der Waals surface area contributed by atoms with E-state index in [0.29, 0.717) is 13.0 Å². The number of ether oxygens (including phenoxy) is 1. The monoisotopic (exact) mass is 246 g/mol. The first-order valence-electron chi connectivity index (χ1n) is 6.97. The first-order chi connectivity index (χ1) is 8.66. The quantitative estimate of drug-likeness (QED) is 0.798. The highest BCUT2D eigenvalue weighted by molar-refractivity contribution is 5.99. The Kier molecular flexibility index (Phi) is 3.74. The average Bonchev–Trinajstić information content (AvgIpc) is 2.40. The molecule has 0 saturated heterocycles. The van der Waals surface area contributed by atoms with Gasteiger partial charge in [-0.3, -0.25) is 4.79 Å². The first-order valence-corrected chi connectivity index (χ1v) is 6.97. The molecule has 2 rings (SSSR count). The lowest BCUT2D eigenvalue weighted by Crippen LogP contribution is -2.32. The van der Waals surface area contributed by atoms with E-state index in [4.69, 9.17) is 4.74 Å². The van der Waals surface area contributed by atoms with Crippen molar-refractivity contribution in [1.82, 2.24) is 0 Å². The van der Waals surface area contributed by atoms with Gasteiger partial charge in [-0.25, -0.2) is 0 Å². The van der Waals surface area contributed by atoms with Gasteiger partial charge in [0.25, 0.3) is 0 Å². The predicted octanol–water partition coefficient (Wildman–Crippen LogP) is 4.12. The van der Waals surface area contributed by atoms with Crippen molar-refractivity contribution in [2.24, 2.45) is 0 Å². The van der Waals surface area contributed by atoms with Crippen molar-refractivity contribution < 1.29 is 9.53 Å². The second-order valence-electron chi connectivity index (χ2n) is 5.05. The van der Waals surface area contributed by atoms with Gasteiger partial charge in [0.1, 0.15) is 5.75 Å². The number of hydrogen-bond acceptors (Lipinski definition) is 2. The van der Waals surface area contributed by atoms with E-state index >= 15 is 0 Å². The van der Waals surface area contributed by atoms with Crippen LogP contribution in [0.5, 0.6) is 5.75 Å². The molecule has 0 unspecified atom stereocenters. The molecule has 1 aliphatic carbocycles. The summed E-state index contributed by atoms with van der Waals surface area (Å²) in [5, 5.41) is 0. The second kappa shape index (κ2) is 5.13. The van der Waals surface area contributed by atoms with Gasteiger partial charge in [-0.1, -0.05) is 13.8 Å². The Bertz CT molecular complexity index is 444. The van der Waals surface area contributed by atoms with Crippen molar-refractivity contribution in [3.05, 3.63) is 29.3 Å². The number of hydrogen-bond donors (Lipinski definition) is 0. The Balaban J connectivity index is 2.53. The van der Waals surface area contributed by atoms with Crippen molar-refractivity contribution >= 4 is 5.78 Å². The molecule has 1 aliphatic rings. The van der Waals surface area contributed by atoms with Gasteiger partial charge in [0, 0.05) is 12.0 Å². The number of ketones is 1. The number of Topliss-reactive ketones (excluding diaryl/α,β-unsaturated/α-hetero) is 1. The molecule has 0 amide bonds. The van der Waals surface area contributed by atoms with E-state index in [1.165, 1.54) is 5.56 Å². The molecule has 0 bridgehead atoms. The molecule has 0 N–H and O–H groups in total. The number of fused-ring (bicyclic) bond motifs is 1. The number of carbonyl (C=O) groups excluding carboxylic acids is 1. The van der Waals surface area contributed by atoms with E-state index < -0.39 is 0 Å². The van der Waals surface area contributed by atoms with Crippen LogP contribution in [-0.4, -0.2) is 12.4 Å². The van der Waals surface area contributed by atoms with Gasteiger partial charge < -0.3 is 4.74 Å². The standard InChI is InChI=1S/C16H22O2/c1-4-16(5-2)10-9-15(17)13-8-7-12(18-6-3)11-14(13)16/h7-8,11H,4-6,9-10H2,1-3H3. The molecule has 1 aromatic carbocycles. The molecule has 0 spiro atoms. The number of benzene rings is 1. The molecular weight excluding hydrogens is 224 g/mol. The van der Waals surface area contributed by atoms with Crippen LogP contribution in [0.4, 0.5) is 0 Å². The van der Waals surface area contributed by atoms with Crippen LogP contribution in [-0.2, 0) is 5.41 Å². The van der Waals surface area contributed by atoms with E-state index in [1.54, 1.807) is 0 Å². The first kappa shape index (κ1) is 13.1. The molecule has 0 radical (unpaired) electrons. The largest absolute Gasteiger partial charge is 0.494 e. The maximum Gasteiger partial charge on any atom is 0.163 e. The summed E-state index contributed by atoms with van der Waals surface area (Å²) in [6.07, 6.45) is 3.82. The molecule has 2 heteroatoms. The molecule has 0 atom stereocenters. The molecule has 0 saturated carbocycles. The lowest BCUT2D eigenvalue weighted by molar-refractivity contribution is 0.0948. The summed E-state index contributed by atoms with van der Waals surface area (Å²) < 4.78 is 5.58. The summed E-state index contributed by atoms with van der Waals surface area (Å²) in [4.78, 5) is 12.0. The average molecular weight is 246 g/mol. The molecule has 98 valence electrons. The smallest absolute Gasteiger partial charge is 0.163 e. The molecular formula is C16H22O2. The molecule has 0 aliphatic heterocycles. The molecule has 2 nitrogen and oxygen atoms in total. The summed E-state index contributed by atoms with van der Waals surface area (Å²) in [5.74, 6) is 1.17. The summed E-state index contributed by atoms with van der Waals surface area (Å²) in [5.41, 5.74) is 2.28. The fraction of sp³-hybridized carbons (Fsp3) is 0.562. The van der Waals surface area contributed by atoms with E-state index in [2.05, 4.69) is 19.9 Å². The molecule has 0 fully saturated rings. The van der Waals surface area contributed by atoms with Crippen LogP contribution in [0.25, 0.3) is 0 Å². The Hall–Kier alpha value is -1.31. The zero-order valence-corrected chi connectivity index (χ0v) is 11.6. The zero-order valence-electron chi connectivity index (χ0n) is 11.6.